The Morgan fingerprint density at radius 2 is 2.31 bits per heavy atom. The number of hydrogen-bond acceptors (Lipinski definition) is 4. The Kier molecular flexibility index (Phi) is 3.84. The number of halogens is 3. The van der Waals surface area contributed by atoms with Crippen molar-refractivity contribution in [2.24, 2.45) is 0 Å². The molecule has 0 aliphatic rings. The normalized spacial score (nSPS) is 10.2. The van der Waals surface area contributed by atoms with Gasteiger partial charge in [0, 0.05) is 5.33 Å². The van der Waals surface area contributed by atoms with Crippen molar-refractivity contribution < 1.29 is 13.7 Å². The lowest BCUT2D eigenvalue weighted by Crippen LogP contribution is -2.04. The third-order valence-electron chi connectivity index (χ3n) is 1.83. The lowest BCUT2D eigenvalue weighted by Gasteiger charge is -2.07. The molecule has 16 heavy (non-hydrogen) atoms. The van der Waals surface area contributed by atoms with Crippen molar-refractivity contribution in [2.75, 3.05) is 0 Å². The Hall–Kier alpha value is -1.62. The lowest BCUT2D eigenvalue weighted by atomic mass is 10.1. The van der Waals surface area contributed by atoms with Gasteiger partial charge in [-0.2, -0.15) is 5.26 Å². The summed E-state index contributed by atoms with van der Waals surface area (Å²) in [5.74, 6) is 0. The first-order valence-corrected chi connectivity index (χ1v) is 5.05. The Morgan fingerprint density at radius 3 is 2.69 bits per heavy atom. The summed E-state index contributed by atoms with van der Waals surface area (Å²) in [4.78, 5) is 13.1. The molecule has 0 saturated carbocycles. The van der Waals surface area contributed by atoms with Crippen molar-refractivity contribution in [3.8, 4) is 6.07 Å². The van der Waals surface area contributed by atoms with E-state index < -0.39 is 28.2 Å². The summed E-state index contributed by atoms with van der Waals surface area (Å²) in [6.45, 7) is 0. The number of nitro groups is 1. The second-order valence-electron chi connectivity index (χ2n) is 2.68. The highest BCUT2D eigenvalue weighted by atomic mass is 79.9. The molecule has 0 unspecified atom stereocenters. The molecule has 1 rings (SSSR count). The van der Waals surface area contributed by atoms with Crippen molar-refractivity contribution in [1.82, 2.24) is 4.98 Å². The topological polar surface area (TPSA) is 79.8 Å². The van der Waals surface area contributed by atoms with Gasteiger partial charge in [-0.25, -0.2) is 8.78 Å². The molecule has 0 radical (unpaired) electrons. The molecule has 0 aliphatic heterocycles. The van der Waals surface area contributed by atoms with E-state index in [4.69, 9.17) is 5.26 Å². The zero-order valence-corrected chi connectivity index (χ0v) is 9.24. The highest BCUT2D eigenvalue weighted by molar-refractivity contribution is 9.08. The van der Waals surface area contributed by atoms with Crippen LogP contribution in [0.2, 0.25) is 0 Å². The van der Waals surface area contributed by atoms with Crippen molar-refractivity contribution in [3.05, 3.63) is 33.1 Å². The third-order valence-corrected chi connectivity index (χ3v) is 2.36. The molecule has 0 bridgehead atoms. The summed E-state index contributed by atoms with van der Waals surface area (Å²) in [5, 5.41) is 19.2. The van der Waals surface area contributed by atoms with Crippen LogP contribution in [-0.2, 0) is 5.33 Å². The summed E-state index contributed by atoms with van der Waals surface area (Å²) in [6.07, 6.45) is -2.17. The van der Waals surface area contributed by atoms with Crippen LogP contribution in [0.15, 0.2) is 6.20 Å². The van der Waals surface area contributed by atoms with E-state index in [-0.39, 0.29) is 11.0 Å². The molecule has 8 heteroatoms. The van der Waals surface area contributed by atoms with Gasteiger partial charge in [0.1, 0.15) is 17.8 Å². The summed E-state index contributed by atoms with van der Waals surface area (Å²) in [7, 11) is 0. The Balaban J connectivity index is 3.58. The maximum atomic E-state index is 12.7. The van der Waals surface area contributed by atoms with E-state index >= 15 is 0 Å². The van der Waals surface area contributed by atoms with Crippen molar-refractivity contribution >= 4 is 21.6 Å². The predicted octanol–water partition coefficient (Wildman–Crippen LogP) is 2.69. The summed E-state index contributed by atoms with van der Waals surface area (Å²) in [6, 6.07) is 1.42. The predicted molar refractivity (Wildman–Crippen MR) is 53.2 cm³/mol. The van der Waals surface area contributed by atoms with Crippen LogP contribution in [0.25, 0.3) is 0 Å². The number of hydrogen-bond donors (Lipinski definition) is 0. The Bertz CT molecular complexity index is 473. The lowest BCUT2D eigenvalue weighted by molar-refractivity contribution is -0.385. The standard InChI is InChI=1S/C8H4BrF2N3O2/c9-1-5-7(8(10)11)4(2-12)6(3-13-5)14(15)16/h3,8H,1H2. The number of rotatable bonds is 3. The van der Waals surface area contributed by atoms with Crippen LogP contribution >= 0.6 is 15.9 Å². The molecule has 0 fully saturated rings. The van der Waals surface area contributed by atoms with E-state index in [1.807, 2.05) is 0 Å². The molecule has 5 nitrogen and oxygen atoms in total. The average Bonchev–Trinajstić information content (AvgIpc) is 2.26. The zero-order chi connectivity index (χ0) is 12.3. The van der Waals surface area contributed by atoms with Crippen LogP contribution in [0, 0.1) is 21.4 Å². The quantitative estimate of drug-likeness (QED) is 0.487. The van der Waals surface area contributed by atoms with Crippen LogP contribution in [0.5, 0.6) is 0 Å². The minimum atomic E-state index is -2.98. The maximum Gasteiger partial charge on any atom is 0.305 e. The van der Waals surface area contributed by atoms with E-state index in [9.17, 15) is 18.9 Å². The molecule has 84 valence electrons. The number of alkyl halides is 3. The Morgan fingerprint density at radius 1 is 1.69 bits per heavy atom. The van der Waals surface area contributed by atoms with Gasteiger partial charge >= 0.3 is 5.69 Å². The van der Waals surface area contributed by atoms with E-state index in [2.05, 4.69) is 20.9 Å². The minimum Gasteiger partial charge on any atom is -0.258 e. The van der Waals surface area contributed by atoms with Crippen LogP contribution in [0.1, 0.15) is 23.2 Å². The molecule has 0 aliphatic carbocycles. The van der Waals surface area contributed by atoms with Crippen molar-refractivity contribution in [1.29, 1.82) is 5.26 Å². The zero-order valence-electron chi connectivity index (χ0n) is 7.65. The first kappa shape index (κ1) is 12.4. The van der Waals surface area contributed by atoms with Gasteiger partial charge in [0.15, 0.2) is 0 Å². The first-order valence-electron chi connectivity index (χ1n) is 3.93. The fraction of sp³-hybridized carbons (Fsp3) is 0.250. The number of nitrogens with zero attached hydrogens (tertiary/aromatic N) is 3. The monoisotopic (exact) mass is 291 g/mol. The second kappa shape index (κ2) is 4.94. The molecule has 0 saturated heterocycles. The van der Waals surface area contributed by atoms with Gasteiger partial charge in [0.2, 0.25) is 0 Å². The summed E-state index contributed by atoms with van der Waals surface area (Å²) < 4.78 is 25.3. The molecule has 1 heterocycles. The van der Waals surface area contributed by atoms with Gasteiger partial charge in [-0.15, -0.1) is 0 Å². The fourth-order valence-corrected chi connectivity index (χ4v) is 1.60. The SMILES string of the molecule is N#Cc1c([N+](=O)[O-])cnc(CBr)c1C(F)F. The third kappa shape index (κ3) is 2.14. The van der Waals surface area contributed by atoms with Crippen molar-refractivity contribution in [3.63, 3.8) is 0 Å². The van der Waals surface area contributed by atoms with E-state index in [1.54, 1.807) is 0 Å². The van der Waals surface area contributed by atoms with E-state index in [0.29, 0.717) is 0 Å². The van der Waals surface area contributed by atoms with E-state index in [1.165, 1.54) is 6.07 Å². The number of nitriles is 1. The minimum absolute atomic E-state index is 0.000647. The number of pyridine rings is 1. The van der Waals surface area contributed by atoms with Crippen LogP contribution < -0.4 is 0 Å². The first-order chi connectivity index (χ1) is 7.52. The van der Waals surface area contributed by atoms with E-state index in [0.717, 1.165) is 6.20 Å². The highest BCUT2D eigenvalue weighted by Gasteiger charge is 2.26. The fourth-order valence-electron chi connectivity index (χ4n) is 1.15. The summed E-state index contributed by atoms with van der Waals surface area (Å²) >= 11 is 2.93. The largest absolute Gasteiger partial charge is 0.305 e. The molecular formula is C8H4BrF2N3O2. The highest BCUT2D eigenvalue weighted by Crippen LogP contribution is 2.31. The van der Waals surface area contributed by atoms with Gasteiger partial charge in [-0.1, -0.05) is 15.9 Å². The van der Waals surface area contributed by atoms with Crippen LogP contribution in [0.3, 0.4) is 0 Å². The number of aromatic nitrogens is 1. The van der Waals surface area contributed by atoms with Gasteiger partial charge < -0.3 is 0 Å². The van der Waals surface area contributed by atoms with Gasteiger partial charge in [-0.3, -0.25) is 15.1 Å². The molecule has 0 aromatic carbocycles. The van der Waals surface area contributed by atoms with Gasteiger partial charge in [0.05, 0.1) is 16.2 Å². The van der Waals surface area contributed by atoms with Gasteiger partial charge in [-0.05, 0) is 0 Å². The molecule has 1 aromatic rings. The smallest absolute Gasteiger partial charge is 0.258 e. The molecule has 1 aromatic heterocycles. The second-order valence-corrected chi connectivity index (χ2v) is 3.24. The average molecular weight is 292 g/mol. The maximum absolute atomic E-state index is 12.7. The summed E-state index contributed by atoms with van der Waals surface area (Å²) in [5.41, 5.74) is -2.10. The Labute approximate surface area is 97.0 Å². The molecule has 0 atom stereocenters. The molecular weight excluding hydrogens is 288 g/mol. The van der Waals surface area contributed by atoms with Crippen molar-refractivity contribution in [2.45, 2.75) is 11.8 Å². The van der Waals surface area contributed by atoms with Gasteiger partial charge in [0.25, 0.3) is 6.43 Å². The molecule has 0 N–H and O–H groups in total. The van der Waals surface area contributed by atoms with Crippen LogP contribution in [0.4, 0.5) is 14.5 Å². The molecule has 0 spiro atoms. The molecule has 0 amide bonds. The van der Waals surface area contributed by atoms with Crippen LogP contribution in [-0.4, -0.2) is 9.91 Å².